The highest BCUT2D eigenvalue weighted by Crippen LogP contribution is 2.27. The van der Waals surface area contributed by atoms with Crippen LogP contribution in [0.2, 0.25) is 5.02 Å². The van der Waals surface area contributed by atoms with Crippen molar-refractivity contribution in [3.63, 3.8) is 0 Å². The molecule has 0 bridgehead atoms. The lowest BCUT2D eigenvalue weighted by Crippen LogP contribution is -2.25. The molecule has 0 amide bonds. The molecular weight excluding hydrogens is 341 g/mol. The molecule has 0 aliphatic heterocycles. The Labute approximate surface area is 153 Å². The number of hydrogen-bond acceptors (Lipinski definition) is 3. The van der Waals surface area contributed by atoms with Crippen LogP contribution in [0.15, 0.2) is 47.1 Å². The number of aliphatic hydroxyl groups is 1. The first-order chi connectivity index (χ1) is 11.7. The van der Waals surface area contributed by atoms with E-state index in [2.05, 4.69) is 37.6 Å². The Morgan fingerprint density at radius 2 is 2.00 bits per heavy atom. The number of rotatable bonds is 6. The Hall–Kier alpha value is -1.96. The largest absolute Gasteiger partial charge is 0.483 e. The van der Waals surface area contributed by atoms with Crippen LogP contribution in [0.1, 0.15) is 26.3 Å². The summed E-state index contributed by atoms with van der Waals surface area (Å²) in [6.45, 7) is 8.45. The van der Waals surface area contributed by atoms with Gasteiger partial charge in [-0.25, -0.2) is 4.39 Å². The number of ether oxygens (including phenoxy) is 1. The van der Waals surface area contributed by atoms with E-state index in [4.69, 9.17) is 16.3 Å². The molecule has 134 valence electrons. The molecule has 0 radical (unpaired) electrons. The highest BCUT2D eigenvalue weighted by molar-refractivity contribution is 6.31. The minimum absolute atomic E-state index is 0.00670. The third-order valence-electron chi connectivity index (χ3n) is 3.76. The van der Waals surface area contributed by atoms with Crippen LogP contribution in [-0.4, -0.2) is 24.4 Å². The van der Waals surface area contributed by atoms with Crippen molar-refractivity contribution >= 4 is 17.3 Å². The normalized spacial score (nSPS) is 14.8. The van der Waals surface area contributed by atoms with Crippen LogP contribution in [0, 0.1) is 18.2 Å². The van der Waals surface area contributed by atoms with Crippen molar-refractivity contribution in [3.8, 4) is 0 Å². The first kappa shape index (κ1) is 19.4. The van der Waals surface area contributed by atoms with Crippen molar-refractivity contribution in [1.29, 1.82) is 0 Å². The lowest BCUT2D eigenvalue weighted by atomic mass is 9.86. The van der Waals surface area contributed by atoms with E-state index >= 15 is 0 Å². The number of aliphatic hydroxyl groups excluding tert-OH is 1. The molecule has 25 heavy (non-hydrogen) atoms. The predicted octanol–water partition coefficient (Wildman–Crippen LogP) is 4.76. The van der Waals surface area contributed by atoms with Crippen molar-refractivity contribution in [3.05, 3.63) is 63.5 Å². The highest BCUT2D eigenvalue weighted by Gasteiger charge is 2.16. The molecule has 1 aromatic rings. The van der Waals surface area contributed by atoms with E-state index in [1.54, 1.807) is 6.92 Å². The zero-order valence-corrected chi connectivity index (χ0v) is 15.7. The van der Waals surface area contributed by atoms with Crippen LogP contribution >= 0.6 is 11.6 Å². The molecule has 0 spiro atoms. The smallest absolute Gasteiger partial charge is 0.170 e. The minimum Gasteiger partial charge on any atom is -0.483 e. The molecule has 2 N–H and O–H groups in total. The van der Waals surface area contributed by atoms with E-state index in [0.717, 1.165) is 11.1 Å². The zero-order valence-electron chi connectivity index (χ0n) is 14.9. The number of allylic oxidation sites excluding steroid dienone is 3. The second-order valence-electron chi connectivity index (χ2n) is 7.04. The van der Waals surface area contributed by atoms with Crippen LogP contribution in [-0.2, 0) is 4.74 Å². The van der Waals surface area contributed by atoms with Crippen LogP contribution in [0.3, 0.4) is 0 Å². The van der Waals surface area contributed by atoms with Gasteiger partial charge in [-0.2, -0.15) is 0 Å². The Morgan fingerprint density at radius 1 is 1.28 bits per heavy atom. The summed E-state index contributed by atoms with van der Waals surface area (Å²) in [6, 6.07) is 2.86. The molecule has 3 nitrogen and oxygen atoms in total. The number of benzene rings is 1. The molecule has 1 aromatic carbocycles. The summed E-state index contributed by atoms with van der Waals surface area (Å²) < 4.78 is 18.9. The van der Waals surface area contributed by atoms with E-state index in [0.29, 0.717) is 11.4 Å². The predicted molar refractivity (Wildman–Crippen MR) is 99.2 cm³/mol. The fraction of sp³-hybridized carbons (Fsp3) is 0.400. The van der Waals surface area contributed by atoms with Gasteiger partial charge in [-0.15, -0.1) is 0 Å². The summed E-state index contributed by atoms with van der Waals surface area (Å²) in [5.41, 5.74) is 8.49. The summed E-state index contributed by atoms with van der Waals surface area (Å²) in [7, 11) is 0. The number of nitrogens with one attached hydrogen (secondary N) is 1. The first-order valence-electron chi connectivity index (χ1n) is 8.11. The Kier molecular flexibility index (Phi) is 6.16. The molecule has 0 saturated heterocycles. The van der Waals surface area contributed by atoms with Crippen LogP contribution < -0.4 is 5.32 Å². The molecule has 1 aliphatic rings. The van der Waals surface area contributed by atoms with Crippen molar-refractivity contribution in [2.75, 3.05) is 18.5 Å². The Morgan fingerprint density at radius 3 is 2.60 bits per heavy atom. The zero-order chi connectivity index (χ0) is 18.6. The van der Waals surface area contributed by atoms with Crippen LogP contribution in [0.25, 0.3) is 0 Å². The highest BCUT2D eigenvalue weighted by atomic mass is 35.5. The second kappa shape index (κ2) is 7.95. The SMILES string of the molecule is Cc1cc(F)c(Cl)cc1NC[C@H](O)COC1=C=C=C(C(C)(C)C)C=C1. The van der Waals surface area contributed by atoms with Gasteiger partial charge >= 0.3 is 0 Å². The summed E-state index contributed by atoms with van der Waals surface area (Å²) in [6.07, 6.45) is 3.03. The maximum Gasteiger partial charge on any atom is 0.170 e. The van der Waals surface area contributed by atoms with Crippen LogP contribution in [0.4, 0.5) is 10.1 Å². The standard InChI is InChI=1S/C20H23ClFNO2/c1-13-9-18(22)17(21)10-19(13)23-11-15(24)12-25-16-7-5-14(6-8-16)20(2,3)4/h5,7,9-10,15,23-24H,11-12H2,1-4H3/t15-/m0/s1. The van der Waals surface area contributed by atoms with Gasteiger partial charge in [-0.05, 0) is 47.9 Å². The number of anilines is 1. The fourth-order valence-corrected chi connectivity index (χ4v) is 2.37. The molecule has 0 saturated carbocycles. The van der Waals surface area contributed by atoms with E-state index in [9.17, 15) is 9.50 Å². The fourth-order valence-electron chi connectivity index (χ4n) is 2.20. The quantitative estimate of drug-likeness (QED) is 0.716. The third kappa shape index (κ3) is 5.52. The summed E-state index contributed by atoms with van der Waals surface area (Å²) >= 11 is 5.78. The van der Waals surface area contributed by atoms with Gasteiger partial charge < -0.3 is 15.2 Å². The van der Waals surface area contributed by atoms with Crippen molar-refractivity contribution in [2.24, 2.45) is 5.41 Å². The van der Waals surface area contributed by atoms with E-state index in [-0.39, 0.29) is 23.6 Å². The molecule has 1 atom stereocenters. The van der Waals surface area contributed by atoms with Crippen molar-refractivity contribution < 1.29 is 14.2 Å². The molecule has 0 aromatic heterocycles. The lowest BCUT2D eigenvalue weighted by molar-refractivity contribution is 0.0844. The second-order valence-corrected chi connectivity index (χ2v) is 7.45. The van der Waals surface area contributed by atoms with Crippen LogP contribution in [0.5, 0.6) is 0 Å². The van der Waals surface area contributed by atoms with E-state index in [1.165, 1.54) is 12.1 Å². The summed E-state index contributed by atoms with van der Waals surface area (Å²) in [4.78, 5) is 0. The van der Waals surface area contributed by atoms with Gasteiger partial charge in [0.2, 0.25) is 0 Å². The van der Waals surface area contributed by atoms with Gasteiger partial charge in [0, 0.05) is 17.8 Å². The maximum atomic E-state index is 13.3. The summed E-state index contributed by atoms with van der Waals surface area (Å²) in [5, 5.41) is 13.1. The van der Waals surface area contributed by atoms with Gasteiger partial charge in [0.05, 0.1) is 5.02 Å². The van der Waals surface area contributed by atoms with E-state index in [1.807, 2.05) is 12.2 Å². The summed E-state index contributed by atoms with van der Waals surface area (Å²) in [5.74, 6) is 0.0761. The Bertz CT molecular complexity index is 780. The average molecular weight is 364 g/mol. The topological polar surface area (TPSA) is 41.5 Å². The molecule has 0 fully saturated rings. The monoisotopic (exact) mass is 363 g/mol. The van der Waals surface area contributed by atoms with Gasteiger partial charge in [0.15, 0.2) is 5.76 Å². The maximum absolute atomic E-state index is 13.3. The molecule has 5 heteroatoms. The first-order valence-corrected chi connectivity index (χ1v) is 8.49. The van der Waals surface area contributed by atoms with E-state index < -0.39 is 11.9 Å². The molecular formula is C20H23ClFNO2. The minimum atomic E-state index is -0.737. The van der Waals surface area contributed by atoms with Gasteiger partial charge in [-0.1, -0.05) is 38.1 Å². The van der Waals surface area contributed by atoms with Gasteiger partial charge in [0.25, 0.3) is 0 Å². The van der Waals surface area contributed by atoms with Crippen molar-refractivity contribution in [2.45, 2.75) is 33.8 Å². The molecule has 2 rings (SSSR count). The number of aryl methyl sites for hydroxylation is 1. The third-order valence-corrected chi connectivity index (χ3v) is 4.05. The number of hydrogen-bond donors (Lipinski definition) is 2. The molecule has 0 heterocycles. The number of halogens is 2. The average Bonchev–Trinajstić information content (AvgIpc) is 2.54. The lowest BCUT2D eigenvalue weighted by Gasteiger charge is -2.19. The van der Waals surface area contributed by atoms with Gasteiger partial charge in [-0.3, -0.25) is 0 Å². The van der Waals surface area contributed by atoms with Crippen molar-refractivity contribution in [1.82, 2.24) is 0 Å². The van der Waals surface area contributed by atoms with Gasteiger partial charge in [0.1, 0.15) is 18.5 Å². The molecule has 1 aliphatic carbocycles. The Balaban J connectivity index is 1.89. The molecule has 0 unspecified atom stereocenters.